The molecule has 30 heavy (non-hydrogen) atoms. The first kappa shape index (κ1) is 22.2. The summed E-state index contributed by atoms with van der Waals surface area (Å²) in [7, 11) is -6.08. The molecule has 3 rings (SSSR count). The number of anilines is 1. The van der Waals surface area contributed by atoms with E-state index in [1.54, 1.807) is 13.8 Å². The fraction of sp³-hybridized carbons (Fsp3) is 0.444. The average molecular weight is 458 g/mol. The maximum Gasteiger partial charge on any atom is 0.239 e. The zero-order valence-corrected chi connectivity index (χ0v) is 18.3. The Hall–Kier alpha value is -2.44. The topological polar surface area (TPSA) is 145 Å². The number of carbonyl (C=O) groups is 1. The Bertz CT molecular complexity index is 1160. The minimum atomic E-state index is -3.97. The fourth-order valence-electron chi connectivity index (χ4n) is 3.35. The molecule has 2 aromatic rings. The first-order valence-corrected chi connectivity index (χ1v) is 12.4. The van der Waals surface area contributed by atoms with Crippen LogP contribution in [0, 0.1) is 13.8 Å². The highest BCUT2D eigenvalue weighted by molar-refractivity contribution is 7.96. The van der Waals surface area contributed by atoms with Gasteiger partial charge in [-0.1, -0.05) is 5.16 Å². The lowest BCUT2D eigenvalue weighted by Gasteiger charge is -2.20. The molecule has 1 saturated heterocycles. The van der Waals surface area contributed by atoms with Crippen LogP contribution in [0.3, 0.4) is 0 Å². The van der Waals surface area contributed by atoms with Crippen molar-refractivity contribution in [1.29, 1.82) is 0 Å². The van der Waals surface area contributed by atoms with Crippen molar-refractivity contribution < 1.29 is 30.9 Å². The van der Waals surface area contributed by atoms with Crippen LogP contribution in [0.1, 0.15) is 11.3 Å². The zero-order valence-electron chi connectivity index (χ0n) is 16.7. The SMILES string of the molecule is COc1ccc(S(=O)(=O)[C@H]2CS(=O)(=O)C[C@@H]2NCC(=O)Nc2cc(C)on2)cc1C. The van der Waals surface area contributed by atoms with E-state index in [9.17, 15) is 21.6 Å². The van der Waals surface area contributed by atoms with E-state index in [-0.39, 0.29) is 23.0 Å². The predicted molar refractivity (Wildman–Crippen MR) is 109 cm³/mol. The first-order chi connectivity index (χ1) is 14.0. The number of aromatic nitrogens is 1. The molecule has 2 atom stereocenters. The van der Waals surface area contributed by atoms with Gasteiger partial charge in [-0.15, -0.1) is 0 Å². The summed E-state index contributed by atoms with van der Waals surface area (Å²) in [6.45, 7) is 3.09. The molecule has 0 bridgehead atoms. The molecule has 1 fully saturated rings. The molecule has 1 aromatic carbocycles. The van der Waals surface area contributed by atoms with E-state index in [1.807, 2.05) is 0 Å². The highest BCUT2D eigenvalue weighted by Crippen LogP contribution is 2.29. The van der Waals surface area contributed by atoms with Gasteiger partial charge in [0.05, 0.1) is 35.3 Å². The van der Waals surface area contributed by atoms with Gasteiger partial charge in [0.2, 0.25) is 5.91 Å². The van der Waals surface area contributed by atoms with Gasteiger partial charge in [0.25, 0.3) is 0 Å². The summed E-state index contributed by atoms with van der Waals surface area (Å²) in [6.07, 6.45) is 0. The number of methoxy groups -OCH3 is 1. The van der Waals surface area contributed by atoms with Crippen LogP contribution in [0.25, 0.3) is 0 Å². The van der Waals surface area contributed by atoms with Crippen LogP contribution in [0.15, 0.2) is 33.7 Å². The van der Waals surface area contributed by atoms with E-state index in [0.717, 1.165) is 0 Å². The van der Waals surface area contributed by atoms with Crippen LogP contribution in [0.2, 0.25) is 0 Å². The summed E-state index contributed by atoms with van der Waals surface area (Å²) in [5, 5.41) is 7.69. The van der Waals surface area contributed by atoms with Crippen LogP contribution in [0.5, 0.6) is 5.75 Å². The summed E-state index contributed by atoms with van der Waals surface area (Å²) < 4.78 is 60.7. The standard InChI is InChI=1S/C18H23N3O7S2/c1-11-6-13(4-5-15(11)27-3)30(25,26)16-10-29(23,24)9-14(16)19-8-18(22)20-17-7-12(2)28-21-17/h4-7,14,16,19H,8-10H2,1-3H3,(H,20,21,22)/t14-,16-/m0/s1. The van der Waals surface area contributed by atoms with Crippen molar-refractivity contribution in [2.24, 2.45) is 0 Å². The molecule has 0 spiro atoms. The van der Waals surface area contributed by atoms with Gasteiger partial charge in [-0.3, -0.25) is 4.79 Å². The number of hydrogen-bond acceptors (Lipinski definition) is 9. The van der Waals surface area contributed by atoms with E-state index >= 15 is 0 Å². The Morgan fingerprint density at radius 1 is 1.27 bits per heavy atom. The molecule has 1 aliphatic heterocycles. The lowest BCUT2D eigenvalue weighted by atomic mass is 10.2. The first-order valence-electron chi connectivity index (χ1n) is 9.07. The van der Waals surface area contributed by atoms with Gasteiger partial charge in [-0.25, -0.2) is 16.8 Å². The monoisotopic (exact) mass is 457 g/mol. The molecule has 12 heteroatoms. The van der Waals surface area contributed by atoms with E-state index < -0.39 is 42.6 Å². The number of nitrogens with zero attached hydrogens (tertiary/aromatic N) is 1. The van der Waals surface area contributed by atoms with Crippen molar-refractivity contribution in [2.75, 3.05) is 30.5 Å². The number of hydrogen-bond donors (Lipinski definition) is 2. The summed E-state index contributed by atoms with van der Waals surface area (Å²) >= 11 is 0. The van der Waals surface area contributed by atoms with Gasteiger partial charge in [0.15, 0.2) is 25.5 Å². The van der Waals surface area contributed by atoms with E-state index in [0.29, 0.717) is 17.1 Å². The average Bonchev–Trinajstić information content (AvgIpc) is 3.22. The van der Waals surface area contributed by atoms with Gasteiger partial charge in [-0.05, 0) is 37.6 Å². The number of carbonyl (C=O) groups excluding carboxylic acids is 1. The Kier molecular flexibility index (Phi) is 6.20. The largest absolute Gasteiger partial charge is 0.496 e. The highest BCUT2D eigenvalue weighted by atomic mass is 32.2. The number of benzene rings is 1. The van der Waals surface area contributed by atoms with Gasteiger partial charge in [-0.2, -0.15) is 0 Å². The summed E-state index contributed by atoms with van der Waals surface area (Å²) in [5.41, 5.74) is 0.617. The Balaban J connectivity index is 1.76. The van der Waals surface area contributed by atoms with Crippen molar-refractivity contribution in [3.8, 4) is 5.75 Å². The predicted octanol–water partition coefficient (Wildman–Crippen LogP) is 0.468. The number of amides is 1. The van der Waals surface area contributed by atoms with Gasteiger partial charge >= 0.3 is 0 Å². The van der Waals surface area contributed by atoms with Crippen LogP contribution in [0.4, 0.5) is 5.82 Å². The van der Waals surface area contributed by atoms with E-state index in [4.69, 9.17) is 9.26 Å². The van der Waals surface area contributed by atoms with Crippen molar-refractivity contribution in [3.05, 3.63) is 35.6 Å². The molecule has 0 aliphatic carbocycles. The second-order valence-electron chi connectivity index (χ2n) is 7.15. The Morgan fingerprint density at radius 3 is 2.60 bits per heavy atom. The maximum atomic E-state index is 13.2. The number of sulfone groups is 2. The van der Waals surface area contributed by atoms with Crippen molar-refractivity contribution in [3.63, 3.8) is 0 Å². The quantitative estimate of drug-likeness (QED) is 0.606. The molecular weight excluding hydrogens is 434 g/mol. The normalized spacial score (nSPS) is 20.8. The molecule has 2 N–H and O–H groups in total. The minimum absolute atomic E-state index is 0.0113. The van der Waals surface area contributed by atoms with E-state index in [1.165, 1.54) is 31.4 Å². The molecule has 0 radical (unpaired) electrons. The van der Waals surface area contributed by atoms with Crippen molar-refractivity contribution >= 4 is 31.4 Å². The molecule has 0 saturated carbocycles. The third-order valence-corrected chi connectivity index (χ3v) is 8.96. The van der Waals surface area contributed by atoms with Gasteiger partial charge < -0.3 is 19.9 Å². The third kappa shape index (κ3) is 4.82. The van der Waals surface area contributed by atoms with Crippen LogP contribution < -0.4 is 15.4 Å². The highest BCUT2D eigenvalue weighted by Gasteiger charge is 2.45. The van der Waals surface area contributed by atoms with E-state index in [2.05, 4.69) is 15.8 Å². The smallest absolute Gasteiger partial charge is 0.239 e. The second-order valence-corrected chi connectivity index (χ2v) is 11.5. The molecule has 1 aliphatic rings. The third-order valence-electron chi connectivity index (χ3n) is 4.81. The summed E-state index contributed by atoms with van der Waals surface area (Å²) in [5.74, 6) is -0.117. The molecule has 10 nitrogen and oxygen atoms in total. The number of nitrogens with one attached hydrogen (secondary N) is 2. The molecule has 2 heterocycles. The zero-order chi connectivity index (χ0) is 22.1. The van der Waals surface area contributed by atoms with Crippen molar-refractivity contribution in [2.45, 2.75) is 30.0 Å². The molecular formula is C18H23N3O7S2. The number of ether oxygens (including phenoxy) is 1. The molecule has 1 amide bonds. The second kappa shape index (κ2) is 8.36. The van der Waals surface area contributed by atoms with Crippen molar-refractivity contribution in [1.82, 2.24) is 10.5 Å². The maximum absolute atomic E-state index is 13.2. The van der Waals surface area contributed by atoms with Crippen LogP contribution in [-0.4, -0.2) is 64.4 Å². The summed E-state index contributed by atoms with van der Waals surface area (Å²) in [4.78, 5) is 12.1. The van der Waals surface area contributed by atoms with Gasteiger partial charge in [0.1, 0.15) is 11.5 Å². The Labute approximate surface area is 174 Å². The lowest BCUT2D eigenvalue weighted by molar-refractivity contribution is -0.115. The van der Waals surface area contributed by atoms with Crippen LogP contribution >= 0.6 is 0 Å². The summed E-state index contributed by atoms with van der Waals surface area (Å²) in [6, 6.07) is 4.98. The molecule has 164 valence electrons. The lowest BCUT2D eigenvalue weighted by Crippen LogP contribution is -2.46. The van der Waals surface area contributed by atoms with Gasteiger partial charge in [0, 0.05) is 12.1 Å². The fourth-order valence-corrected chi connectivity index (χ4v) is 8.15. The number of aryl methyl sites for hydroxylation is 2. The molecule has 1 aromatic heterocycles. The molecule has 0 unspecified atom stereocenters. The Morgan fingerprint density at radius 2 is 2.00 bits per heavy atom. The minimum Gasteiger partial charge on any atom is -0.496 e. The van der Waals surface area contributed by atoms with Crippen LogP contribution in [-0.2, 0) is 24.5 Å². The number of rotatable bonds is 7.